The Hall–Kier alpha value is -1.95. The maximum Gasteiger partial charge on any atom is 0.432 e. The molecule has 2 aromatic rings. The zero-order chi connectivity index (χ0) is 18.7. The van der Waals surface area contributed by atoms with Crippen molar-refractivity contribution in [2.45, 2.75) is 17.5 Å². The standard InChI is InChI=1S/C14H9F5O5S/c15-13(16,17)12(14(18,19)25-24-23-21)22-11(20)10-6-5-8-3-1-2-4-9(8)7-10/h1-7,12,21H/p-1. The SMILES string of the molecule is O=C(OC(C(F)(F)F)C(F)(F)SOO[O-])c1ccc2ccccc2c1. The number of halogens is 5. The van der Waals surface area contributed by atoms with E-state index in [0.717, 1.165) is 6.07 Å². The fourth-order valence-electron chi connectivity index (χ4n) is 1.92. The van der Waals surface area contributed by atoms with Crippen molar-refractivity contribution in [3.8, 4) is 0 Å². The molecule has 0 saturated carbocycles. The molecule has 0 aliphatic carbocycles. The van der Waals surface area contributed by atoms with Gasteiger partial charge in [-0.05, 0) is 22.9 Å². The maximum absolute atomic E-state index is 13.5. The minimum atomic E-state index is -5.62. The van der Waals surface area contributed by atoms with Crippen molar-refractivity contribution in [3.63, 3.8) is 0 Å². The molecule has 0 amide bonds. The summed E-state index contributed by atoms with van der Waals surface area (Å²) >= 11 is -1.21. The van der Waals surface area contributed by atoms with Crippen LogP contribution < -0.4 is 5.26 Å². The molecule has 25 heavy (non-hydrogen) atoms. The van der Waals surface area contributed by atoms with Crippen LogP contribution in [0, 0.1) is 0 Å². The van der Waals surface area contributed by atoms with E-state index in [4.69, 9.17) is 0 Å². The van der Waals surface area contributed by atoms with Gasteiger partial charge in [-0.2, -0.15) is 26.3 Å². The first-order valence-corrected chi connectivity index (χ1v) is 7.18. The molecule has 0 spiro atoms. The Labute approximate surface area is 141 Å². The lowest BCUT2D eigenvalue weighted by atomic mass is 10.1. The first-order chi connectivity index (χ1) is 11.6. The average Bonchev–Trinajstić information content (AvgIpc) is 2.56. The summed E-state index contributed by atoms with van der Waals surface area (Å²) in [5.74, 6) is -1.61. The molecule has 0 saturated heterocycles. The highest BCUT2D eigenvalue weighted by Gasteiger charge is 2.60. The average molecular weight is 383 g/mol. The van der Waals surface area contributed by atoms with Gasteiger partial charge < -0.3 is 9.99 Å². The van der Waals surface area contributed by atoms with Gasteiger partial charge in [-0.15, -0.1) is 0 Å². The van der Waals surface area contributed by atoms with Crippen LogP contribution in [0.1, 0.15) is 10.4 Å². The molecule has 0 radical (unpaired) electrons. The molecule has 1 atom stereocenters. The number of benzene rings is 2. The molecule has 0 bridgehead atoms. The molecule has 11 heteroatoms. The third kappa shape index (κ3) is 4.78. The predicted octanol–water partition coefficient (Wildman–Crippen LogP) is 3.39. The van der Waals surface area contributed by atoms with Crippen molar-refractivity contribution >= 4 is 28.8 Å². The van der Waals surface area contributed by atoms with Crippen LogP contribution in [0.25, 0.3) is 10.8 Å². The van der Waals surface area contributed by atoms with E-state index in [9.17, 15) is 32.0 Å². The van der Waals surface area contributed by atoms with Crippen LogP contribution in [0.3, 0.4) is 0 Å². The molecule has 0 N–H and O–H groups in total. The fourth-order valence-corrected chi connectivity index (χ4v) is 2.31. The van der Waals surface area contributed by atoms with Crippen LogP contribution in [0.5, 0.6) is 0 Å². The lowest BCUT2D eigenvalue weighted by Gasteiger charge is -2.26. The second-order valence-electron chi connectivity index (χ2n) is 4.67. The largest absolute Gasteiger partial charge is 0.691 e. The fraction of sp³-hybridized carbons (Fsp3) is 0.214. The minimum absolute atomic E-state index is 0.352. The normalized spacial score (nSPS) is 13.7. The highest BCUT2D eigenvalue weighted by Crippen LogP contribution is 2.42. The summed E-state index contributed by atoms with van der Waals surface area (Å²) in [5.41, 5.74) is -0.352. The first kappa shape index (κ1) is 19.4. The van der Waals surface area contributed by atoms with Gasteiger partial charge in [0.1, 0.15) is 12.0 Å². The van der Waals surface area contributed by atoms with Gasteiger partial charge in [-0.1, -0.05) is 30.3 Å². The number of fused-ring (bicyclic) bond motifs is 1. The van der Waals surface area contributed by atoms with Crippen LogP contribution >= 0.6 is 12.0 Å². The zero-order valence-corrected chi connectivity index (χ0v) is 12.8. The lowest BCUT2D eigenvalue weighted by Crippen LogP contribution is -2.46. The number of alkyl halides is 5. The van der Waals surface area contributed by atoms with Crippen molar-refractivity contribution in [3.05, 3.63) is 48.0 Å². The van der Waals surface area contributed by atoms with E-state index in [-0.39, 0.29) is 5.56 Å². The van der Waals surface area contributed by atoms with Gasteiger partial charge >= 0.3 is 17.4 Å². The van der Waals surface area contributed by atoms with Gasteiger partial charge in [-0.25, -0.2) is 4.79 Å². The molecule has 2 rings (SSSR count). The molecule has 1 unspecified atom stereocenters. The van der Waals surface area contributed by atoms with E-state index in [1.165, 1.54) is 12.1 Å². The highest BCUT2D eigenvalue weighted by atomic mass is 32.2. The second kappa shape index (κ2) is 7.52. The topological polar surface area (TPSA) is 67.8 Å². The molecule has 0 aliphatic rings. The Balaban J connectivity index is 2.26. The van der Waals surface area contributed by atoms with Crippen LogP contribution in [0.4, 0.5) is 22.0 Å². The molecule has 0 fully saturated rings. The van der Waals surface area contributed by atoms with E-state index in [1.807, 2.05) is 0 Å². The van der Waals surface area contributed by atoms with Gasteiger partial charge in [0.2, 0.25) is 0 Å². The number of hydrogen-bond acceptors (Lipinski definition) is 6. The molecule has 136 valence electrons. The smallest absolute Gasteiger partial charge is 0.432 e. The summed E-state index contributed by atoms with van der Waals surface area (Å²) in [7, 11) is 0. The number of ether oxygens (including phenoxy) is 1. The summed E-state index contributed by atoms with van der Waals surface area (Å²) in [5, 5.41) is 8.54. The molecular weight excluding hydrogens is 375 g/mol. The van der Waals surface area contributed by atoms with E-state index in [0.29, 0.717) is 10.8 Å². The van der Waals surface area contributed by atoms with Gasteiger partial charge in [0, 0.05) is 0 Å². The predicted molar refractivity (Wildman–Crippen MR) is 73.9 cm³/mol. The Kier molecular flexibility index (Phi) is 5.83. The van der Waals surface area contributed by atoms with Crippen LogP contribution in [-0.4, -0.2) is 23.5 Å². The summed E-state index contributed by atoms with van der Waals surface area (Å²) in [6, 6.07) is 10.4. The quantitative estimate of drug-likeness (QED) is 0.250. The second-order valence-corrected chi connectivity index (χ2v) is 5.52. The Morgan fingerprint density at radius 3 is 2.28 bits per heavy atom. The number of esters is 1. The first-order valence-electron chi connectivity index (χ1n) is 6.44. The monoisotopic (exact) mass is 383 g/mol. The van der Waals surface area contributed by atoms with E-state index in [2.05, 4.69) is 14.1 Å². The number of hydrogen-bond donors (Lipinski definition) is 0. The van der Waals surface area contributed by atoms with Gasteiger partial charge in [0.25, 0.3) is 6.10 Å². The summed E-state index contributed by atoms with van der Waals surface area (Å²) < 4.78 is 72.7. The van der Waals surface area contributed by atoms with Gasteiger partial charge in [-0.3, -0.25) is 5.04 Å². The third-order valence-corrected chi connectivity index (χ3v) is 3.55. The van der Waals surface area contributed by atoms with E-state index < -0.39 is 35.5 Å². The molecule has 0 aliphatic heterocycles. The van der Waals surface area contributed by atoms with Crippen LogP contribution in [-0.2, 0) is 14.1 Å². The molecule has 2 aromatic carbocycles. The zero-order valence-electron chi connectivity index (χ0n) is 12.0. The van der Waals surface area contributed by atoms with Crippen molar-refractivity contribution in [1.29, 1.82) is 0 Å². The van der Waals surface area contributed by atoms with Crippen molar-refractivity contribution in [1.82, 2.24) is 0 Å². The van der Waals surface area contributed by atoms with E-state index >= 15 is 0 Å². The molecular formula is C14H8F5O5S-. The number of carbonyl (C=O) groups is 1. The van der Waals surface area contributed by atoms with Crippen molar-refractivity contribution in [2.75, 3.05) is 0 Å². The molecule has 5 nitrogen and oxygen atoms in total. The van der Waals surface area contributed by atoms with Crippen molar-refractivity contribution in [2.24, 2.45) is 0 Å². The maximum atomic E-state index is 13.5. The molecule has 0 heterocycles. The minimum Gasteiger partial charge on any atom is -0.691 e. The Morgan fingerprint density at radius 1 is 1.04 bits per heavy atom. The van der Waals surface area contributed by atoms with E-state index in [1.54, 1.807) is 24.3 Å². The Bertz CT molecular complexity index is 752. The van der Waals surface area contributed by atoms with Gasteiger partial charge in [0.05, 0.1) is 5.56 Å². The van der Waals surface area contributed by atoms with Crippen LogP contribution in [0.15, 0.2) is 42.5 Å². The van der Waals surface area contributed by atoms with Gasteiger partial charge in [0.15, 0.2) is 0 Å². The summed E-state index contributed by atoms with van der Waals surface area (Å²) in [4.78, 5) is 11.9. The highest BCUT2D eigenvalue weighted by molar-refractivity contribution is 7.95. The summed E-state index contributed by atoms with van der Waals surface area (Å²) in [6.07, 6.45) is -9.46. The number of rotatable bonds is 6. The number of carbonyl (C=O) groups excluding carboxylic acids is 1. The lowest BCUT2D eigenvalue weighted by molar-refractivity contribution is -0.777. The third-order valence-electron chi connectivity index (χ3n) is 2.99. The van der Waals surface area contributed by atoms with Crippen molar-refractivity contribution < 1.29 is 46.1 Å². The Morgan fingerprint density at radius 2 is 1.68 bits per heavy atom. The summed E-state index contributed by atoms with van der Waals surface area (Å²) in [6.45, 7) is 0. The molecule has 0 aromatic heterocycles. The van der Waals surface area contributed by atoms with Crippen LogP contribution in [0.2, 0.25) is 0 Å².